The molecule has 2 atom stereocenters. The smallest absolute Gasteiger partial charge is 0.306 e. The van der Waals surface area contributed by atoms with E-state index in [-0.39, 0.29) is 0 Å². The molecule has 0 fully saturated rings. The normalized spacial score (nSPS) is 16.9. The van der Waals surface area contributed by atoms with Crippen molar-refractivity contribution in [2.75, 3.05) is 5.32 Å². The molecule has 0 saturated carbocycles. The first-order chi connectivity index (χ1) is 17.9. The molecule has 0 aliphatic carbocycles. The van der Waals surface area contributed by atoms with E-state index in [1.807, 2.05) is 86.6 Å². The van der Waals surface area contributed by atoms with Crippen LogP contribution in [0.1, 0.15) is 37.9 Å². The van der Waals surface area contributed by atoms with Crippen molar-refractivity contribution in [1.29, 1.82) is 0 Å². The Bertz CT molecular complexity index is 1420. The molecule has 0 saturated heterocycles. The molecule has 2 N–H and O–H groups in total. The summed E-state index contributed by atoms with van der Waals surface area (Å²) in [5.74, 6) is 0.780. The third kappa shape index (κ3) is 5.77. The number of para-hydroxylation sites is 1. The zero-order chi connectivity index (χ0) is 25.8. The molecule has 0 bridgehead atoms. The molecule has 190 valence electrons. The first-order valence-corrected chi connectivity index (χ1v) is 12.4. The van der Waals surface area contributed by atoms with Gasteiger partial charge in [0.25, 0.3) is 0 Å². The van der Waals surface area contributed by atoms with Gasteiger partial charge in [-0.1, -0.05) is 43.3 Å². The van der Waals surface area contributed by atoms with E-state index in [0.717, 1.165) is 33.6 Å². The quantitative estimate of drug-likeness (QED) is 0.261. The molecule has 4 aromatic rings. The zero-order valence-corrected chi connectivity index (χ0v) is 20.9. The molecule has 5 rings (SSSR count). The van der Waals surface area contributed by atoms with Crippen LogP contribution in [0.5, 0.6) is 17.2 Å². The first-order valence-electron chi connectivity index (χ1n) is 12.4. The highest BCUT2D eigenvalue weighted by atomic mass is 16.5. The van der Waals surface area contributed by atoms with Gasteiger partial charge in [0, 0.05) is 17.9 Å². The van der Waals surface area contributed by atoms with Crippen LogP contribution in [0.3, 0.4) is 0 Å². The predicted molar refractivity (Wildman–Crippen MR) is 142 cm³/mol. The summed E-state index contributed by atoms with van der Waals surface area (Å²) in [6.07, 6.45) is 0.910. The van der Waals surface area contributed by atoms with E-state index in [9.17, 15) is 9.90 Å². The first kappa shape index (κ1) is 24.4. The van der Waals surface area contributed by atoms with E-state index < -0.39 is 17.6 Å². The van der Waals surface area contributed by atoms with Gasteiger partial charge in [-0.2, -0.15) is 0 Å². The van der Waals surface area contributed by atoms with Crippen molar-refractivity contribution >= 4 is 22.6 Å². The monoisotopic (exact) mass is 498 g/mol. The Labute approximate surface area is 216 Å². The Balaban J connectivity index is 1.18. The van der Waals surface area contributed by atoms with E-state index in [0.29, 0.717) is 37.6 Å². The summed E-state index contributed by atoms with van der Waals surface area (Å²) in [6, 6.07) is 25.5. The summed E-state index contributed by atoms with van der Waals surface area (Å²) in [5, 5.41) is 13.8. The van der Waals surface area contributed by atoms with Gasteiger partial charge in [-0.25, -0.2) is 4.98 Å². The van der Waals surface area contributed by atoms with Gasteiger partial charge in [-0.3, -0.25) is 4.79 Å². The van der Waals surface area contributed by atoms with Gasteiger partial charge in [0.1, 0.15) is 30.5 Å². The second-order valence-corrected chi connectivity index (χ2v) is 9.48. The maximum absolute atomic E-state index is 11.5. The lowest BCUT2D eigenvalue weighted by Gasteiger charge is -2.27. The van der Waals surface area contributed by atoms with E-state index in [4.69, 9.17) is 14.2 Å². The van der Waals surface area contributed by atoms with Crippen LogP contribution in [0.15, 0.2) is 78.9 Å². The van der Waals surface area contributed by atoms with E-state index in [2.05, 4.69) is 16.4 Å². The number of hydrogen-bond donors (Lipinski definition) is 2. The lowest BCUT2D eigenvalue weighted by molar-refractivity contribution is -0.143. The molecule has 3 aromatic carbocycles. The van der Waals surface area contributed by atoms with Crippen molar-refractivity contribution in [3.63, 3.8) is 0 Å². The fraction of sp³-hybridized carbons (Fsp3) is 0.267. The van der Waals surface area contributed by atoms with Gasteiger partial charge in [0.15, 0.2) is 5.72 Å². The van der Waals surface area contributed by atoms with Gasteiger partial charge in [-0.05, 0) is 55.3 Å². The number of aliphatic carboxylic acids is 1. The maximum atomic E-state index is 11.5. The largest absolute Gasteiger partial charge is 0.489 e. The van der Waals surface area contributed by atoms with Crippen molar-refractivity contribution in [3.8, 4) is 17.2 Å². The second-order valence-electron chi connectivity index (χ2n) is 9.48. The molecule has 2 unspecified atom stereocenters. The maximum Gasteiger partial charge on any atom is 0.306 e. The number of carbonyl (C=O) groups is 1. The van der Waals surface area contributed by atoms with Crippen LogP contribution in [0, 0.1) is 5.92 Å². The minimum absolute atomic E-state index is 0.366. The van der Waals surface area contributed by atoms with Gasteiger partial charge < -0.3 is 24.6 Å². The Morgan fingerprint density at radius 1 is 1.00 bits per heavy atom. The molecule has 1 aliphatic rings. The highest BCUT2D eigenvalue weighted by molar-refractivity contribution is 5.78. The van der Waals surface area contributed by atoms with Crippen LogP contribution in [-0.2, 0) is 18.0 Å². The summed E-state index contributed by atoms with van der Waals surface area (Å²) < 4.78 is 18.1. The third-order valence-electron chi connectivity index (χ3n) is 6.51. The van der Waals surface area contributed by atoms with Crippen LogP contribution in [0.2, 0.25) is 0 Å². The number of nitrogens with one attached hydrogen (secondary N) is 1. The highest BCUT2D eigenvalue weighted by Crippen LogP contribution is 2.41. The summed E-state index contributed by atoms with van der Waals surface area (Å²) >= 11 is 0. The number of rotatable bonds is 10. The average Bonchev–Trinajstić information content (AvgIpc) is 3.24. The van der Waals surface area contributed by atoms with Crippen LogP contribution >= 0.6 is 0 Å². The van der Waals surface area contributed by atoms with Crippen molar-refractivity contribution in [1.82, 2.24) is 4.98 Å². The number of carboxylic acid groups (broad SMARTS) is 1. The van der Waals surface area contributed by atoms with Crippen LogP contribution in [0.25, 0.3) is 10.9 Å². The SMILES string of the molecule is CCC(CC1(C)Nc2ccc(OCc3cccc(OCc4ccc5ccccc5n4)c3)cc2O1)C(=O)O. The number of anilines is 1. The Morgan fingerprint density at radius 3 is 2.65 bits per heavy atom. The number of ether oxygens (including phenoxy) is 3. The van der Waals surface area contributed by atoms with Crippen LogP contribution in [0.4, 0.5) is 5.69 Å². The second kappa shape index (κ2) is 10.4. The molecule has 1 aromatic heterocycles. The number of nitrogens with zero attached hydrogens (tertiary/aromatic N) is 1. The van der Waals surface area contributed by atoms with Gasteiger partial charge in [0.05, 0.1) is 22.8 Å². The average molecular weight is 499 g/mol. The fourth-order valence-corrected chi connectivity index (χ4v) is 4.54. The molecule has 0 spiro atoms. The van der Waals surface area contributed by atoms with E-state index in [1.54, 1.807) is 0 Å². The van der Waals surface area contributed by atoms with Crippen LogP contribution < -0.4 is 19.5 Å². The van der Waals surface area contributed by atoms with Crippen LogP contribution in [-0.4, -0.2) is 21.8 Å². The number of benzene rings is 3. The van der Waals surface area contributed by atoms with Gasteiger partial charge in [-0.15, -0.1) is 0 Å². The lowest BCUT2D eigenvalue weighted by Crippen LogP contribution is -2.40. The minimum atomic E-state index is -0.811. The topological polar surface area (TPSA) is 89.9 Å². The molecule has 7 nitrogen and oxygen atoms in total. The highest BCUT2D eigenvalue weighted by Gasteiger charge is 2.38. The van der Waals surface area contributed by atoms with Crippen molar-refractivity contribution in [2.45, 2.75) is 45.6 Å². The molecule has 7 heteroatoms. The molecule has 37 heavy (non-hydrogen) atoms. The molecule has 2 heterocycles. The summed E-state index contributed by atoms with van der Waals surface area (Å²) in [7, 11) is 0. The third-order valence-corrected chi connectivity index (χ3v) is 6.51. The van der Waals surface area contributed by atoms with Crippen molar-refractivity contribution in [3.05, 3.63) is 90.1 Å². The summed E-state index contributed by atoms with van der Waals surface area (Å²) in [4.78, 5) is 16.1. The zero-order valence-electron chi connectivity index (χ0n) is 20.9. The number of pyridine rings is 1. The number of hydrogen-bond acceptors (Lipinski definition) is 6. The fourth-order valence-electron chi connectivity index (χ4n) is 4.54. The van der Waals surface area contributed by atoms with E-state index in [1.165, 1.54) is 0 Å². The predicted octanol–water partition coefficient (Wildman–Crippen LogP) is 6.41. The standard InChI is InChI=1S/C30H30N2O5/c1-3-21(29(33)34)17-30(2)32-27-14-13-25(16-28(27)37-30)35-18-20-7-6-9-24(15-20)36-19-23-12-11-22-8-4-5-10-26(22)31-23/h4-16,21,32H,3,17-19H2,1-2H3,(H,33,34). The molecule has 1 aliphatic heterocycles. The van der Waals surface area contributed by atoms with Crippen molar-refractivity contribution < 1.29 is 24.1 Å². The van der Waals surface area contributed by atoms with Gasteiger partial charge >= 0.3 is 5.97 Å². The number of aromatic nitrogens is 1. The summed E-state index contributed by atoms with van der Waals surface area (Å²) in [5.41, 5.74) is 2.85. The number of carboxylic acids is 1. The molecular weight excluding hydrogens is 468 g/mol. The lowest BCUT2D eigenvalue weighted by atomic mass is 9.96. The number of fused-ring (bicyclic) bond motifs is 2. The Kier molecular flexibility index (Phi) is 6.86. The van der Waals surface area contributed by atoms with Gasteiger partial charge in [0.2, 0.25) is 0 Å². The minimum Gasteiger partial charge on any atom is -0.489 e. The molecule has 0 radical (unpaired) electrons. The van der Waals surface area contributed by atoms with E-state index >= 15 is 0 Å². The van der Waals surface area contributed by atoms with Crippen molar-refractivity contribution in [2.24, 2.45) is 5.92 Å². The summed E-state index contributed by atoms with van der Waals surface area (Å²) in [6.45, 7) is 4.49. The molecular formula is C30H30N2O5. The Morgan fingerprint density at radius 2 is 1.81 bits per heavy atom. The molecule has 0 amide bonds. The Hall–Kier alpha value is -4.26.